The number of ether oxygens (including phenoxy) is 1. The first-order valence-electron chi connectivity index (χ1n) is 6.36. The van der Waals surface area contributed by atoms with Crippen LogP contribution in [-0.2, 0) is 14.3 Å². The van der Waals surface area contributed by atoms with Crippen LogP contribution >= 0.6 is 0 Å². The molecule has 1 atom stereocenters. The van der Waals surface area contributed by atoms with Crippen LogP contribution in [0.3, 0.4) is 0 Å². The second-order valence-corrected chi connectivity index (χ2v) is 4.66. The summed E-state index contributed by atoms with van der Waals surface area (Å²) in [4.78, 5) is 27.0. The van der Waals surface area contributed by atoms with E-state index in [-0.39, 0.29) is 17.8 Å². The molecule has 6 heteroatoms. The van der Waals surface area contributed by atoms with E-state index in [1.54, 1.807) is 0 Å². The molecule has 1 heterocycles. The summed E-state index contributed by atoms with van der Waals surface area (Å²) in [6, 6.07) is 0. The largest absolute Gasteiger partial charge is 0.468 e. The van der Waals surface area contributed by atoms with Crippen molar-refractivity contribution in [1.29, 1.82) is 0 Å². The number of carbonyl (C=O) groups is 2. The molecule has 0 aliphatic carbocycles. The highest BCUT2D eigenvalue weighted by molar-refractivity contribution is 5.78. The maximum atomic E-state index is 12.0. The van der Waals surface area contributed by atoms with E-state index in [9.17, 15) is 9.59 Å². The minimum Gasteiger partial charge on any atom is -0.468 e. The van der Waals surface area contributed by atoms with E-state index in [4.69, 9.17) is 5.73 Å². The minimum atomic E-state index is -0.230. The Bertz CT molecular complexity index is 288. The molecular formula is C12H23N3O3. The van der Waals surface area contributed by atoms with Gasteiger partial charge in [0.05, 0.1) is 13.7 Å². The van der Waals surface area contributed by atoms with Crippen LogP contribution in [-0.4, -0.2) is 68.1 Å². The van der Waals surface area contributed by atoms with E-state index in [1.807, 2.05) is 16.7 Å². The van der Waals surface area contributed by atoms with Crippen molar-refractivity contribution in [3.05, 3.63) is 0 Å². The highest BCUT2D eigenvalue weighted by Gasteiger charge is 2.25. The monoisotopic (exact) mass is 257 g/mol. The predicted molar refractivity (Wildman–Crippen MR) is 67.9 cm³/mol. The fourth-order valence-electron chi connectivity index (χ4n) is 2.06. The Morgan fingerprint density at radius 2 is 1.89 bits per heavy atom. The Balaban J connectivity index is 2.34. The molecule has 0 radical (unpaired) electrons. The van der Waals surface area contributed by atoms with Gasteiger partial charge in [0.25, 0.3) is 0 Å². The Morgan fingerprint density at radius 3 is 2.39 bits per heavy atom. The topological polar surface area (TPSA) is 75.9 Å². The van der Waals surface area contributed by atoms with E-state index in [2.05, 4.69) is 4.74 Å². The number of carbonyl (C=O) groups excluding carboxylic acids is 2. The van der Waals surface area contributed by atoms with Gasteiger partial charge < -0.3 is 15.4 Å². The lowest BCUT2D eigenvalue weighted by Crippen LogP contribution is -2.51. The zero-order valence-electron chi connectivity index (χ0n) is 11.2. The third-order valence-corrected chi connectivity index (χ3v) is 3.29. The lowest BCUT2D eigenvalue weighted by atomic mass is 10.1. The average Bonchev–Trinajstić information content (AvgIpc) is 2.39. The maximum Gasteiger partial charge on any atom is 0.319 e. The number of nitrogens with zero attached hydrogens (tertiary/aromatic N) is 2. The average molecular weight is 257 g/mol. The molecule has 1 aliphatic rings. The molecule has 0 aromatic rings. The summed E-state index contributed by atoms with van der Waals surface area (Å²) in [5.41, 5.74) is 5.46. The number of methoxy groups -OCH3 is 1. The number of hydrogen-bond acceptors (Lipinski definition) is 5. The molecule has 2 N–H and O–H groups in total. The molecule has 1 rings (SSSR count). The molecule has 1 aliphatic heterocycles. The number of hydrogen-bond donors (Lipinski definition) is 1. The van der Waals surface area contributed by atoms with Gasteiger partial charge in [-0.1, -0.05) is 6.92 Å². The van der Waals surface area contributed by atoms with Gasteiger partial charge in [0.15, 0.2) is 0 Å². The number of amides is 1. The van der Waals surface area contributed by atoms with Crippen LogP contribution in [0.4, 0.5) is 0 Å². The van der Waals surface area contributed by atoms with Gasteiger partial charge in [0, 0.05) is 32.1 Å². The summed E-state index contributed by atoms with van der Waals surface area (Å²) < 4.78 is 4.62. The normalized spacial score (nSPS) is 18.5. The van der Waals surface area contributed by atoms with Crippen LogP contribution in [0.1, 0.15) is 13.3 Å². The molecular weight excluding hydrogens is 234 g/mol. The highest BCUT2D eigenvalue weighted by Crippen LogP contribution is 2.09. The Hall–Kier alpha value is -1.14. The van der Waals surface area contributed by atoms with Crippen molar-refractivity contribution in [2.24, 2.45) is 11.7 Å². The van der Waals surface area contributed by atoms with Crippen LogP contribution < -0.4 is 5.73 Å². The summed E-state index contributed by atoms with van der Waals surface area (Å²) in [5.74, 6) is -0.0772. The van der Waals surface area contributed by atoms with E-state index in [0.29, 0.717) is 26.2 Å². The first-order chi connectivity index (χ1) is 8.58. The van der Waals surface area contributed by atoms with Crippen molar-refractivity contribution in [1.82, 2.24) is 9.80 Å². The van der Waals surface area contributed by atoms with Crippen LogP contribution in [0.15, 0.2) is 0 Å². The van der Waals surface area contributed by atoms with Gasteiger partial charge in [-0.25, -0.2) is 0 Å². The molecule has 18 heavy (non-hydrogen) atoms. The molecule has 1 saturated heterocycles. The molecule has 6 nitrogen and oxygen atoms in total. The summed E-state index contributed by atoms with van der Waals surface area (Å²) in [7, 11) is 1.39. The van der Waals surface area contributed by atoms with Crippen molar-refractivity contribution in [3.63, 3.8) is 0 Å². The number of esters is 1. The smallest absolute Gasteiger partial charge is 0.319 e. The molecule has 0 aromatic carbocycles. The molecule has 104 valence electrons. The van der Waals surface area contributed by atoms with E-state index in [1.165, 1.54) is 7.11 Å². The fourth-order valence-corrected chi connectivity index (χ4v) is 2.06. The summed E-state index contributed by atoms with van der Waals surface area (Å²) in [6.07, 6.45) is 0.723. The highest BCUT2D eigenvalue weighted by atomic mass is 16.5. The maximum absolute atomic E-state index is 12.0. The summed E-state index contributed by atoms with van der Waals surface area (Å²) in [6.45, 7) is 5.53. The second-order valence-electron chi connectivity index (χ2n) is 4.66. The fraction of sp³-hybridized carbons (Fsp3) is 0.833. The molecule has 0 bridgehead atoms. The Kier molecular flexibility index (Phi) is 6.07. The van der Waals surface area contributed by atoms with Crippen molar-refractivity contribution in [2.45, 2.75) is 13.3 Å². The van der Waals surface area contributed by atoms with Crippen LogP contribution in [0.25, 0.3) is 0 Å². The van der Waals surface area contributed by atoms with Crippen molar-refractivity contribution < 1.29 is 14.3 Å². The van der Waals surface area contributed by atoms with Crippen LogP contribution in [0.2, 0.25) is 0 Å². The predicted octanol–water partition coefficient (Wildman–Crippen LogP) is -0.711. The van der Waals surface area contributed by atoms with E-state index >= 15 is 0 Å². The van der Waals surface area contributed by atoms with Crippen molar-refractivity contribution >= 4 is 11.9 Å². The molecule has 1 unspecified atom stereocenters. The van der Waals surface area contributed by atoms with Gasteiger partial charge in [-0.15, -0.1) is 0 Å². The molecule has 0 saturated carbocycles. The van der Waals surface area contributed by atoms with Gasteiger partial charge in [-0.3, -0.25) is 14.5 Å². The number of nitrogens with two attached hydrogens (primary N) is 1. The van der Waals surface area contributed by atoms with Crippen LogP contribution in [0.5, 0.6) is 0 Å². The zero-order chi connectivity index (χ0) is 13.5. The van der Waals surface area contributed by atoms with E-state index < -0.39 is 0 Å². The lowest BCUT2D eigenvalue weighted by Gasteiger charge is -2.35. The van der Waals surface area contributed by atoms with E-state index in [0.717, 1.165) is 19.5 Å². The van der Waals surface area contributed by atoms with Gasteiger partial charge in [-0.2, -0.15) is 0 Å². The SMILES string of the molecule is COC(=O)CN1CCN(C(=O)C(C)CCN)CC1. The third-order valence-electron chi connectivity index (χ3n) is 3.29. The summed E-state index contributed by atoms with van der Waals surface area (Å²) in [5, 5.41) is 0. The molecule has 1 fully saturated rings. The van der Waals surface area contributed by atoms with Crippen molar-refractivity contribution in [2.75, 3.05) is 46.4 Å². The molecule has 0 spiro atoms. The quantitative estimate of drug-likeness (QED) is 0.658. The lowest BCUT2D eigenvalue weighted by molar-refractivity contribution is -0.143. The van der Waals surface area contributed by atoms with Crippen molar-refractivity contribution in [3.8, 4) is 0 Å². The Morgan fingerprint density at radius 1 is 1.28 bits per heavy atom. The van der Waals surface area contributed by atoms with Gasteiger partial charge in [-0.05, 0) is 13.0 Å². The molecule has 1 amide bonds. The van der Waals surface area contributed by atoms with Gasteiger partial charge in [0.1, 0.15) is 0 Å². The first-order valence-corrected chi connectivity index (χ1v) is 6.36. The zero-order valence-corrected chi connectivity index (χ0v) is 11.2. The minimum absolute atomic E-state index is 0.0119. The third kappa shape index (κ3) is 4.27. The van der Waals surface area contributed by atoms with Crippen LogP contribution in [0, 0.1) is 5.92 Å². The summed E-state index contributed by atoms with van der Waals surface area (Å²) >= 11 is 0. The second kappa shape index (κ2) is 7.33. The standard InChI is InChI=1S/C12H23N3O3/c1-10(3-4-13)12(17)15-7-5-14(6-8-15)9-11(16)18-2/h10H,3-9,13H2,1-2H3. The number of rotatable bonds is 5. The number of piperazine rings is 1. The Labute approximate surface area is 108 Å². The van der Waals surface area contributed by atoms with Gasteiger partial charge >= 0.3 is 5.97 Å². The van der Waals surface area contributed by atoms with Gasteiger partial charge in [0.2, 0.25) is 5.91 Å². The molecule has 0 aromatic heterocycles. The first kappa shape index (κ1) is 14.9.